The summed E-state index contributed by atoms with van der Waals surface area (Å²) in [6, 6.07) is 1.76. The maximum atomic E-state index is 12.3. The first kappa shape index (κ1) is 16.1. The topological polar surface area (TPSA) is 92.4 Å². The Bertz CT molecular complexity index is 683. The SMILES string of the molecule is Cc1ccc(-c2nc(C(=O)NC(CC(F)F)C(=O)O)cs2)o1. The molecular weight excluding hydrogens is 318 g/mol. The lowest BCUT2D eigenvalue weighted by Gasteiger charge is -2.12. The number of furan rings is 1. The van der Waals surface area contributed by atoms with E-state index < -0.39 is 30.8 Å². The third-order valence-electron chi connectivity index (χ3n) is 2.71. The Kier molecular flexibility index (Phi) is 4.86. The highest BCUT2D eigenvalue weighted by Crippen LogP contribution is 2.25. The summed E-state index contributed by atoms with van der Waals surface area (Å²) in [4.78, 5) is 26.8. The molecule has 118 valence electrons. The number of thiazole rings is 1. The second-order valence-electron chi connectivity index (χ2n) is 4.44. The number of nitrogens with zero attached hydrogens (tertiary/aromatic N) is 1. The number of hydrogen-bond acceptors (Lipinski definition) is 5. The zero-order chi connectivity index (χ0) is 16.3. The van der Waals surface area contributed by atoms with Gasteiger partial charge in [0.1, 0.15) is 17.5 Å². The summed E-state index contributed by atoms with van der Waals surface area (Å²) >= 11 is 1.13. The molecule has 6 nitrogen and oxygen atoms in total. The second kappa shape index (κ2) is 6.65. The minimum absolute atomic E-state index is 0.0467. The molecule has 2 aromatic heterocycles. The largest absolute Gasteiger partial charge is 0.480 e. The molecule has 1 atom stereocenters. The van der Waals surface area contributed by atoms with Crippen molar-refractivity contribution in [1.29, 1.82) is 0 Å². The van der Waals surface area contributed by atoms with E-state index in [2.05, 4.69) is 4.98 Å². The van der Waals surface area contributed by atoms with Gasteiger partial charge in [0, 0.05) is 11.8 Å². The van der Waals surface area contributed by atoms with Crippen LogP contribution in [-0.4, -0.2) is 34.4 Å². The molecule has 0 saturated carbocycles. The van der Waals surface area contributed by atoms with Gasteiger partial charge in [-0.05, 0) is 19.1 Å². The Hall–Kier alpha value is -2.29. The van der Waals surface area contributed by atoms with E-state index in [4.69, 9.17) is 9.52 Å². The minimum Gasteiger partial charge on any atom is -0.480 e. The van der Waals surface area contributed by atoms with Crippen LogP contribution in [0.4, 0.5) is 8.78 Å². The molecule has 0 aromatic carbocycles. The summed E-state index contributed by atoms with van der Waals surface area (Å²) in [5.41, 5.74) is -0.0467. The maximum absolute atomic E-state index is 12.3. The van der Waals surface area contributed by atoms with Crippen LogP contribution in [0.25, 0.3) is 10.8 Å². The summed E-state index contributed by atoms with van der Waals surface area (Å²) in [5.74, 6) is -1.19. The number of aromatic nitrogens is 1. The summed E-state index contributed by atoms with van der Waals surface area (Å²) < 4.78 is 29.9. The molecular formula is C13H12F2N2O4S. The Labute approximate surface area is 127 Å². The number of carboxylic acids is 1. The van der Waals surface area contributed by atoms with Crippen molar-refractivity contribution in [1.82, 2.24) is 10.3 Å². The average molecular weight is 330 g/mol. The van der Waals surface area contributed by atoms with Crippen molar-refractivity contribution >= 4 is 23.2 Å². The van der Waals surface area contributed by atoms with Crippen LogP contribution in [0.2, 0.25) is 0 Å². The number of nitrogens with one attached hydrogen (secondary N) is 1. The van der Waals surface area contributed by atoms with Crippen LogP contribution in [0.5, 0.6) is 0 Å². The standard InChI is InChI=1S/C13H12F2N2O4S/c1-6-2-3-9(21-6)12-17-8(5-22-12)11(18)16-7(13(19)20)4-10(14)15/h2-3,5,7,10H,4H2,1H3,(H,16,18)(H,19,20). The number of carboxylic acid groups (broad SMARTS) is 1. The molecule has 0 saturated heterocycles. The van der Waals surface area contributed by atoms with Crippen molar-refractivity contribution < 1.29 is 27.9 Å². The van der Waals surface area contributed by atoms with Crippen LogP contribution in [-0.2, 0) is 4.79 Å². The normalized spacial score (nSPS) is 12.4. The average Bonchev–Trinajstić information content (AvgIpc) is 3.05. The van der Waals surface area contributed by atoms with Crippen molar-refractivity contribution in [3.05, 3.63) is 29.0 Å². The van der Waals surface area contributed by atoms with Crippen molar-refractivity contribution in [3.8, 4) is 10.8 Å². The molecule has 2 heterocycles. The van der Waals surface area contributed by atoms with Crippen LogP contribution < -0.4 is 5.32 Å². The van der Waals surface area contributed by atoms with Gasteiger partial charge in [-0.1, -0.05) is 0 Å². The van der Waals surface area contributed by atoms with E-state index in [0.717, 1.165) is 11.3 Å². The Morgan fingerprint density at radius 2 is 2.18 bits per heavy atom. The molecule has 1 amide bonds. The summed E-state index contributed by atoms with van der Waals surface area (Å²) in [7, 11) is 0. The van der Waals surface area contributed by atoms with Gasteiger partial charge in [-0.3, -0.25) is 4.79 Å². The molecule has 2 aromatic rings. The zero-order valence-corrected chi connectivity index (χ0v) is 12.2. The van der Waals surface area contributed by atoms with Gasteiger partial charge in [-0.25, -0.2) is 18.6 Å². The van der Waals surface area contributed by atoms with Crippen LogP contribution in [0.3, 0.4) is 0 Å². The lowest BCUT2D eigenvalue weighted by molar-refractivity contribution is -0.140. The number of aryl methyl sites for hydroxylation is 1. The highest BCUT2D eigenvalue weighted by Gasteiger charge is 2.25. The van der Waals surface area contributed by atoms with E-state index in [1.54, 1.807) is 19.1 Å². The van der Waals surface area contributed by atoms with Crippen molar-refractivity contribution in [3.63, 3.8) is 0 Å². The predicted molar refractivity (Wildman–Crippen MR) is 74.1 cm³/mol. The number of carbonyl (C=O) groups excluding carboxylic acids is 1. The lowest BCUT2D eigenvalue weighted by atomic mass is 10.2. The fourth-order valence-corrected chi connectivity index (χ4v) is 2.43. The molecule has 0 radical (unpaired) electrons. The number of carbonyl (C=O) groups is 2. The first-order valence-corrected chi connectivity index (χ1v) is 7.09. The molecule has 0 spiro atoms. The van der Waals surface area contributed by atoms with Gasteiger partial charge < -0.3 is 14.8 Å². The third kappa shape index (κ3) is 3.88. The van der Waals surface area contributed by atoms with Gasteiger partial charge in [-0.15, -0.1) is 11.3 Å². The summed E-state index contributed by atoms with van der Waals surface area (Å²) in [6.07, 6.45) is -3.80. The molecule has 2 rings (SSSR count). The molecule has 1 unspecified atom stereocenters. The fourth-order valence-electron chi connectivity index (χ4n) is 1.67. The molecule has 0 aliphatic carbocycles. The summed E-state index contributed by atoms with van der Waals surface area (Å²) in [6.45, 7) is 1.76. The third-order valence-corrected chi connectivity index (χ3v) is 3.56. The van der Waals surface area contributed by atoms with Crippen molar-refractivity contribution in [2.45, 2.75) is 25.8 Å². The van der Waals surface area contributed by atoms with E-state index in [0.29, 0.717) is 16.5 Å². The number of aliphatic carboxylic acids is 1. The fraction of sp³-hybridized carbons (Fsp3) is 0.308. The van der Waals surface area contributed by atoms with Crippen LogP contribution in [0, 0.1) is 6.92 Å². The van der Waals surface area contributed by atoms with Gasteiger partial charge in [0.15, 0.2) is 10.8 Å². The van der Waals surface area contributed by atoms with E-state index >= 15 is 0 Å². The zero-order valence-electron chi connectivity index (χ0n) is 11.4. The molecule has 22 heavy (non-hydrogen) atoms. The highest BCUT2D eigenvalue weighted by atomic mass is 32.1. The maximum Gasteiger partial charge on any atom is 0.326 e. The first-order valence-electron chi connectivity index (χ1n) is 6.21. The molecule has 0 bridgehead atoms. The monoisotopic (exact) mass is 330 g/mol. The second-order valence-corrected chi connectivity index (χ2v) is 5.30. The van der Waals surface area contributed by atoms with Gasteiger partial charge in [0.2, 0.25) is 6.43 Å². The van der Waals surface area contributed by atoms with Gasteiger partial charge >= 0.3 is 5.97 Å². The number of rotatable bonds is 6. The Morgan fingerprint density at radius 1 is 1.45 bits per heavy atom. The number of halogens is 2. The number of hydrogen-bond donors (Lipinski definition) is 2. The Morgan fingerprint density at radius 3 is 2.73 bits per heavy atom. The molecule has 0 aliphatic heterocycles. The van der Waals surface area contributed by atoms with Crippen LogP contribution in [0.1, 0.15) is 22.7 Å². The molecule has 2 N–H and O–H groups in total. The van der Waals surface area contributed by atoms with Crippen molar-refractivity contribution in [2.75, 3.05) is 0 Å². The number of amides is 1. The van der Waals surface area contributed by atoms with E-state index in [-0.39, 0.29) is 5.69 Å². The summed E-state index contributed by atoms with van der Waals surface area (Å²) in [5, 5.41) is 12.7. The van der Waals surface area contributed by atoms with Gasteiger partial charge in [0.05, 0.1) is 0 Å². The quantitative estimate of drug-likeness (QED) is 0.849. The van der Waals surface area contributed by atoms with Crippen LogP contribution >= 0.6 is 11.3 Å². The van der Waals surface area contributed by atoms with E-state index in [9.17, 15) is 18.4 Å². The first-order chi connectivity index (χ1) is 10.4. The molecule has 9 heteroatoms. The smallest absolute Gasteiger partial charge is 0.326 e. The van der Waals surface area contributed by atoms with Gasteiger partial charge in [-0.2, -0.15) is 0 Å². The Balaban J connectivity index is 2.09. The molecule has 0 fully saturated rings. The van der Waals surface area contributed by atoms with Crippen LogP contribution in [0.15, 0.2) is 21.9 Å². The van der Waals surface area contributed by atoms with Gasteiger partial charge in [0.25, 0.3) is 5.91 Å². The van der Waals surface area contributed by atoms with E-state index in [1.165, 1.54) is 5.38 Å². The molecule has 0 aliphatic rings. The predicted octanol–water partition coefficient (Wildman–Crippen LogP) is 2.55. The minimum atomic E-state index is -2.83. The number of alkyl halides is 2. The van der Waals surface area contributed by atoms with E-state index in [1.807, 2.05) is 5.32 Å². The van der Waals surface area contributed by atoms with Crippen molar-refractivity contribution in [2.24, 2.45) is 0 Å². The lowest BCUT2D eigenvalue weighted by Crippen LogP contribution is -2.42. The highest BCUT2D eigenvalue weighted by molar-refractivity contribution is 7.13.